The van der Waals surface area contributed by atoms with Gasteiger partial charge < -0.3 is 14.0 Å². The second-order valence-corrected chi connectivity index (χ2v) is 7.40. The minimum Gasteiger partial charge on any atom is -0.493 e. The summed E-state index contributed by atoms with van der Waals surface area (Å²) < 4.78 is 24.9. The Balaban J connectivity index is 2.03. The first kappa shape index (κ1) is 18.5. The van der Waals surface area contributed by atoms with Gasteiger partial charge in [-0.2, -0.15) is 0 Å². The summed E-state index contributed by atoms with van der Waals surface area (Å²) in [6.07, 6.45) is 4.22. The second-order valence-electron chi connectivity index (χ2n) is 6.05. The van der Waals surface area contributed by atoms with Crippen LogP contribution in [0.5, 0.6) is 5.75 Å². The maximum atomic E-state index is 12.0. The zero-order chi connectivity index (χ0) is 18.7. The largest absolute Gasteiger partial charge is 0.493 e. The summed E-state index contributed by atoms with van der Waals surface area (Å²) >= 11 is 0. The van der Waals surface area contributed by atoms with Crippen LogP contribution in [0.3, 0.4) is 0 Å². The van der Waals surface area contributed by atoms with Crippen LogP contribution in [0.2, 0.25) is 0 Å². The maximum Gasteiger partial charge on any atom is 0.160 e. The highest BCUT2D eigenvalue weighted by atomic mass is 32.2. The van der Waals surface area contributed by atoms with Crippen molar-refractivity contribution in [1.29, 1.82) is 0 Å². The van der Waals surface area contributed by atoms with Crippen molar-refractivity contribution in [3.05, 3.63) is 36.0 Å². The van der Waals surface area contributed by atoms with E-state index in [1.165, 1.54) is 0 Å². The van der Waals surface area contributed by atoms with Crippen LogP contribution in [0.25, 0.3) is 22.6 Å². The molecule has 3 aromatic rings. The SMILES string of the molecule is COCCCOc1ccnc(-c2nc3c(S(C)=O)cccc3n2C)c1C. The zero-order valence-corrected chi connectivity index (χ0v) is 16.3. The molecule has 0 saturated carbocycles. The third-order valence-electron chi connectivity index (χ3n) is 4.30. The number of aromatic nitrogens is 3. The standard InChI is InChI=1S/C19H23N3O3S/c1-13-15(25-12-6-11-24-3)9-10-20-17(13)19-21-18-14(22(19)2)7-5-8-16(18)26(4)23/h5,7-10H,6,11-12H2,1-4H3. The summed E-state index contributed by atoms with van der Waals surface area (Å²) in [5, 5.41) is 0. The molecule has 0 amide bonds. The fourth-order valence-corrected chi connectivity index (χ4v) is 3.61. The van der Waals surface area contributed by atoms with Gasteiger partial charge in [0.2, 0.25) is 0 Å². The molecule has 1 unspecified atom stereocenters. The number of ether oxygens (including phenoxy) is 2. The Morgan fingerprint density at radius 1 is 1.23 bits per heavy atom. The number of nitrogens with zero attached hydrogens (tertiary/aromatic N) is 3. The average Bonchev–Trinajstić information content (AvgIpc) is 2.96. The van der Waals surface area contributed by atoms with E-state index >= 15 is 0 Å². The summed E-state index contributed by atoms with van der Waals surface area (Å²) in [4.78, 5) is 10.00. The van der Waals surface area contributed by atoms with Gasteiger partial charge in [-0.05, 0) is 25.1 Å². The lowest BCUT2D eigenvalue weighted by Crippen LogP contribution is -2.04. The number of pyridine rings is 1. The van der Waals surface area contributed by atoms with E-state index in [4.69, 9.17) is 14.5 Å². The van der Waals surface area contributed by atoms with Gasteiger partial charge in [-0.3, -0.25) is 9.19 Å². The van der Waals surface area contributed by atoms with Crippen molar-refractivity contribution in [3.8, 4) is 17.3 Å². The molecule has 0 radical (unpaired) electrons. The summed E-state index contributed by atoms with van der Waals surface area (Å²) in [6.45, 7) is 3.23. The van der Waals surface area contributed by atoms with Gasteiger partial charge in [0.25, 0.3) is 0 Å². The van der Waals surface area contributed by atoms with E-state index in [1.54, 1.807) is 19.6 Å². The van der Waals surface area contributed by atoms with Gasteiger partial charge in [-0.1, -0.05) is 6.07 Å². The maximum absolute atomic E-state index is 12.0. The third kappa shape index (κ3) is 3.50. The number of benzene rings is 1. The van der Waals surface area contributed by atoms with Gasteiger partial charge in [0, 0.05) is 45.2 Å². The zero-order valence-electron chi connectivity index (χ0n) is 15.5. The van der Waals surface area contributed by atoms with E-state index in [0.29, 0.717) is 13.2 Å². The Labute approximate surface area is 155 Å². The van der Waals surface area contributed by atoms with E-state index in [2.05, 4.69) is 4.98 Å². The van der Waals surface area contributed by atoms with Gasteiger partial charge in [0.1, 0.15) is 17.0 Å². The lowest BCUT2D eigenvalue weighted by Gasteiger charge is -2.12. The molecule has 0 aliphatic rings. The monoisotopic (exact) mass is 373 g/mol. The van der Waals surface area contributed by atoms with E-state index < -0.39 is 10.8 Å². The number of aryl methyl sites for hydroxylation is 1. The van der Waals surface area contributed by atoms with Crippen molar-refractivity contribution < 1.29 is 13.7 Å². The van der Waals surface area contributed by atoms with E-state index in [0.717, 1.165) is 45.2 Å². The Kier molecular flexibility index (Phi) is 5.68. The normalized spacial score (nSPS) is 12.5. The molecule has 1 aromatic carbocycles. The Morgan fingerprint density at radius 2 is 2.04 bits per heavy atom. The topological polar surface area (TPSA) is 66.2 Å². The molecule has 6 nitrogen and oxygen atoms in total. The van der Waals surface area contributed by atoms with Crippen molar-refractivity contribution in [2.24, 2.45) is 7.05 Å². The van der Waals surface area contributed by atoms with Gasteiger partial charge >= 0.3 is 0 Å². The number of hydrogen-bond donors (Lipinski definition) is 0. The summed E-state index contributed by atoms with van der Waals surface area (Å²) in [5.74, 6) is 1.52. The minimum atomic E-state index is -1.10. The van der Waals surface area contributed by atoms with Crippen molar-refractivity contribution >= 4 is 21.8 Å². The van der Waals surface area contributed by atoms with Crippen LogP contribution in [0.1, 0.15) is 12.0 Å². The molecule has 26 heavy (non-hydrogen) atoms. The van der Waals surface area contributed by atoms with Crippen LogP contribution >= 0.6 is 0 Å². The van der Waals surface area contributed by atoms with Crippen LogP contribution in [0, 0.1) is 6.92 Å². The van der Waals surface area contributed by atoms with Crippen molar-refractivity contribution in [2.75, 3.05) is 26.6 Å². The number of imidazole rings is 1. The lowest BCUT2D eigenvalue weighted by molar-refractivity contribution is 0.172. The molecule has 0 N–H and O–H groups in total. The second kappa shape index (κ2) is 7.97. The molecule has 0 aliphatic heterocycles. The van der Waals surface area contributed by atoms with Gasteiger partial charge in [0.15, 0.2) is 5.82 Å². The third-order valence-corrected chi connectivity index (χ3v) is 5.25. The molecule has 138 valence electrons. The molecule has 0 bridgehead atoms. The number of fused-ring (bicyclic) bond motifs is 1. The number of methoxy groups -OCH3 is 1. The fourth-order valence-electron chi connectivity index (χ4n) is 2.92. The van der Waals surface area contributed by atoms with E-state index in [9.17, 15) is 4.21 Å². The predicted molar refractivity (Wildman–Crippen MR) is 103 cm³/mol. The van der Waals surface area contributed by atoms with E-state index in [1.807, 2.05) is 42.8 Å². The smallest absolute Gasteiger partial charge is 0.160 e. The molecular weight excluding hydrogens is 350 g/mol. The van der Waals surface area contributed by atoms with Crippen molar-refractivity contribution in [2.45, 2.75) is 18.2 Å². The number of rotatable bonds is 7. The molecular formula is C19H23N3O3S. The van der Waals surface area contributed by atoms with Crippen molar-refractivity contribution in [3.63, 3.8) is 0 Å². The highest BCUT2D eigenvalue weighted by Crippen LogP contribution is 2.31. The number of hydrogen-bond acceptors (Lipinski definition) is 5. The highest BCUT2D eigenvalue weighted by Gasteiger charge is 2.18. The van der Waals surface area contributed by atoms with Crippen LogP contribution in [0.15, 0.2) is 35.4 Å². The predicted octanol–water partition coefficient (Wildman–Crippen LogP) is 3.10. The van der Waals surface area contributed by atoms with Crippen LogP contribution in [-0.4, -0.2) is 45.3 Å². The Hall–Kier alpha value is -2.25. The molecule has 2 aromatic heterocycles. The Morgan fingerprint density at radius 3 is 2.77 bits per heavy atom. The summed E-state index contributed by atoms with van der Waals surface area (Å²) in [6, 6.07) is 7.59. The molecule has 2 heterocycles. The lowest BCUT2D eigenvalue weighted by atomic mass is 10.2. The first-order valence-corrected chi connectivity index (χ1v) is 9.97. The fraction of sp³-hybridized carbons (Fsp3) is 0.368. The molecule has 7 heteroatoms. The first-order chi connectivity index (χ1) is 12.5. The average molecular weight is 373 g/mol. The molecule has 0 saturated heterocycles. The van der Waals surface area contributed by atoms with Crippen molar-refractivity contribution in [1.82, 2.24) is 14.5 Å². The highest BCUT2D eigenvalue weighted by molar-refractivity contribution is 7.84. The molecule has 0 aliphatic carbocycles. The van der Waals surface area contributed by atoms with Crippen LogP contribution in [-0.2, 0) is 22.6 Å². The minimum absolute atomic E-state index is 0.583. The van der Waals surface area contributed by atoms with Crippen LogP contribution < -0.4 is 4.74 Å². The summed E-state index contributed by atoms with van der Waals surface area (Å²) in [7, 11) is 2.52. The molecule has 0 fully saturated rings. The van der Waals surface area contributed by atoms with Gasteiger partial charge in [-0.25, -0.2) is 4.98 Å². The molecule has 0 spiro atoms. The summed E-state index contributed by atoms with van der Waals surface area (Å²) in [5.41, 5.74) is 3.38. The first-order valence-electron chi connectivity index (χ1n) is 8.41. The number of para-hydroxylation sites is 1. The quantitative estimate of drug-likeness (QED) is 0.596. The van der Waals surface area contributed by atoms with Crippen LogP contribution in [0.4, 0.5) is 0 Å². The Bertz CT molecular complexity index is 953. The van der Waals surface area contributed by atoms with E-state index in [-0.39, 0.29) is 0 Å². The van der Waals surface area contributed by atoms with Gasteiger partial charge in [0.05, 0.1) is 27.8 Å². The van der Waals surface area contributed by atoms with Gasteiger partial charge in [-0.15, -0.1) is 0 Å². The molecule has 1 atom stereocenters. The molecule has 3 rings (SSSR count).